The molecule has 3 aromatic rings. The molecule has 1 aromatic heterocycles. The number of hydrogen-bond donors (Lipinski definition) is 2. The van der Waals surface area contributed by atoms with Crippen molar-refractivity contribution in [2.75, 3.05) is 18.4 Å². The first-order valence-electron chi connectivity index (χ1n) is 9.76. The SMILES string of the molecule is Cc1cc(C)c2[nH]c3c(c(=O)c2c1)CN(CC(=O)Nc1cccc(Cl)c1C)CC3. The number of pyridine rings is 1. The average molecular weight is 410 g/mol. The molecule has 2 N–H and O–H groups in total. The predicted octanol–water partition coefficient (Wildman–Crippen LogP) is 4.10. The number of nitrogens with one attached hydrogen (secondary N) is 2. The van der Waals surface area contributed by atoms with Crippen LogP contribution in [0.15, 0.2) is 35.1 Å². The number of anilines is 1. The minimum Gasteiger partial charge on any atom is -0.358 e. The summed E-state index contributed by atoms with van der Waals surface area (Å²) in [5.74, 6) is -0.109. The average Bonchev–Trinajstić information content (AvgIpc) is 2.67. The predicted molar refractivity (Wildman–Crippen MR) is 118 cm³/mol. The third-order valence-electron chi connectivity index (χ3n) is 5.61. The summed E-state index contributed by atoms with van der Waals surface area (Å²) in [7, 11) is 0. The van der Waals surface area contributed by atoms with Gasteiger partial charge in [-0.15, -0.1) is 0 Å². The fraction of sp³-hybridized carbons (Fsp3) is 0.304. The third kappa shape index (κ3) is 3.80. The molecular weight excluding hydrogens is 386 g/mol. The van der Waals surface area contributed by atoms with E-state index in [0.717, 1.165) is 57.5 Å². The molecule has 5 nitrogen and oxygen atoms in total. The molecule has 29 heavy (non-hydrogen) atoms. The van der Waals surface area contributed by atoms with E-state index in [1.807, 2.05) is 43.9 Å². The molecule has 0 unspecified atom stereocenters. The van der Waals surface area contributed by atoms with Gasteiger partial charge in [0.05, 0.1) is 12.1 Å². The van der Waals surface area contributed by atoms with Crippen LogP contribution < -0.4 is 10.7 Å². The summed E-state index contributed by atoms with van der Waals surface area (Å²) in [4.78, 5) is 31.2. The number of aromatic nitrogens is 1. The van der Waals surface area contributed by atoms with Crippen molar-refractivity contribution in [2.24, 2.45) is 0 Å². The van der Waals surface area contributed by atoms with Crippen LogP contribution in [0.3, 0.4) is 0 Å². The van der Waals surface area contributed by atoms with E-state index in [1.54, 1.807) is 6.07 Å². The lowest BCUT2D eigenvalue weighted by atomic mass is 9.99. The zero-order chi connectivity index (χ0) is 20.7. The minimum atomic E-state index is -0.109. The molecule has 1 amide bonds. The van der Waals surface area contributed by atoms with Crippen molar-refractivity contribution in [3.05, 3.63) is 73.5 Å². The maximum absolute atomic E-state index is 13.1. The van der Waals surface area contributed by atoms with Crippen molar-refractivity contribution < 1.29 is 4.79 Å². The Morgan fingerprint density at radius 2 is 2.03 bits per heavy atom. The maximum Gasteiger partial charge on any atom is 0.238 e. The first kappa shape index (κ1) is 19.7. The number of benzene rings is 2. The molecule has 0 bridgehead atoms. The molecule has 0 radical (unpaired) electrons. The number of halogens is 1. The highest BCUT2D eigenvalue weighted by molar-refractivity contribution is 6.31. The highest BCUT2D eigenvalue weighted by atomic mass is 35.5. The second-order valence-electron chi connectivity index (χ2n) is 7.84. The number of carbonyl (C=O) groups excluding carboxylic acids is 1. The fourth-order valence-electron chi connectivity index (χ4n) is 4.06. The molecule has 4 rings (SSSR count). The lowest BCUT2D eigenvalue weighted by Crippen LogP contribution is -2.39. The summed E-state index contributed by atoms with van der Waals surface area (Å²) in [5.41, 5.74) is 6.45. The summed E-state index contributed by atoms with van der Waals surface area (Å²) < 4.78 is 0. The van der Waals surface area contributed by atoms with Crippen molar-refractivity contribution >= 4 is 34.1 Å². The van der Waals surface area contributed by atoms with E-state index in [-0.39, 0.29) is 17.9 Å². The van der Waals surface area contributed by atoms with E-state index in [9.17, 15) is 9.59 Å². The topological polar surface area (TPSA) is 65.2 Å². The summed E-state index contributed by atoms with van der Waals surface area (Å²) in [5, 5.41) is 4.28. The first-order valence-corrected chi connectivity index (χ1v) is 10.1. The summed E-state index contributed by atoms with van der Waals surface area (Å²) in [6, 6.07) is 9.48. The largest absolute Gasteiger partial charge is 0.358 e. The zero-order valence-corrected chi connectivity index (χ0v) is 17.6. The monoisotopic (exact) mass is 409 g/mol. The molecule has 0 fully saturated rings. The van der Waals surface area contributed by atoms with Gasteiger partial charge in [0.2, 0.25) is 5.91 Å². The maximum atomic E-state index is 13.1. The van der Waals surface area contributed by atoms with Crippen molar-refractivity contribution in [2.45, 2.75) is 33.7 Å². The molecule has 0 atom stereocenters. The van der Waals surface area contributed by atoms with Gasteiger partial charge in [-0.05, 0) is 55.7 Å². The Balaban J connectivity index is 1.55. The molecule has 0 spiro atoms. The van der Waals surface area contributed by atoms with Crippen molar-refractivity contribution in [1.82, 2.24) is 9.88 Å². The van der Waals surface area contributed by atoms with Crippen LogP contribution in [0.5, 0.6) is 0 Å². The van der Waals surface area contributed by atoms with Gasteiger partial charge in [0.15, 0.2) is 5.43 Å². The number of aromatic amines is 1. The number of fused-ring (bicyclic) bond motifs is 2. The highest BCUT2D eigenvalue weighted by Crippen LogP contribution is 2.24. The van der Waals surface area contributed by atoms with Crippen LogP contribution >= 0.6 is 11.6 Å². The van der Waals surface area contributed by atoms with Crippen LogP contribution in [0.25, 0.3) is 10.9 Å². The van der Waals surface area contributed by atoms with Crippen LogP contribution in [0.1, 0.15) is 27.9 Å². The first-order chi connectivity index (χ1) is 13.8. The highest BCUT2D eigenvalue weighted by Gasteiger charge is 2.23. The number of carbonyl (C=O) groups is 1. The Bertz CT molecular complexity index is 1180. The van der Waals surface area contributed by atoms with E-state index in [2.05, 4.69) is 16.4 Å². The van der Waals surface area contributed by atoms with Gasteiger partial charge in [0.25, 0.3) is 0 Å². The summed E-state index contributed by atoms with van der Waals surface area (Å²) >= 11 is 6.13. The Kier molecular flexibility index (Phi) is 5.19. The van der Waals surface area contributed by atoms with Crippen LogP contribution in [-0.4, -0.2) is 28.9 Å². The molecule has 150 valence electrons. The Hall–Kier alpha value is -2.63. The standard InChI is InChI=1S/C23H24ClN3O2/c1-13-9-14(2)22-16(10-13)23(29)17-11-27(8-7-20(17)26-22)12-21(28)25-19-6-4-5-18(24)15(19)3/h4-6,9-10H,7-8,11-12H2,1-3H3,(H,25,28)(H,26,29). The molecule has 1 aliphatic rings. The molecule has 6 heteroatoms. The molecule has 2 heterocycles. The Labute approximate surface area is 174 Å². The Morgan fingerprint density at radius 3 is 2.83 bits per heavy atom. The van der Waals surface area contributed by atoms with Gasteiger partial charge < -0.3 is 10.3 Å². The van der Waals surface area contributed by atoms with Gasteiger partial charge in [0.1, 0.15) is 0 Å². The van der Waals surface area contributed by atoms with Crippen LogP contribution in [0.4, 0.5) is 5.69 Å². The zero-order valence-electron chi connectivity index (χ0n) is 16.9. The normalized spacial score (nSPS) is 14.1. The number of nitrogens with zero attached hydrogens (tertiary/aromatic N) is 1. The molecular formula is C23H24ClN3O2. The molecule has 0 saturated heterocycles. The van der Waals surface area contributed by atoms with Crippen molar-refractivity contribution in [3.8, 4) is 0 Å². The van der Waals surface area contributed by atoms with E-state index in [1.165, 1.54) is 0 Å². The number of amides is 1. The number of hydrogen-bond acceptors (Lipinski definition) is 3. The van der Waals surface area contributed by atoms with Gasteiger partial charge in [-0.3, -0.25) is 14.5 Å². The van der Waals surface area contributed by atoms with E-state index in [4.69, 9.17) is 11.6 Å². The molecule has 1 aliphatic heterocycles. The lowest BCUT2D eigenvalue weighted by Gasteiger charge is -2.28. The second-order valence-corrected chi connectivity index (χ2v) is 8.24. The van der Waals surface area contributed by atoms with Gasteiger partial charge in [0, 0.05) is 46.9 Å². The van der Waals surface area contributed by atoms with Gasteiger partial charge in [-0.1, -0.05) is 23.7 Å². The third-order valence-corrected chi connectivity index (χ3v) is 6.02. The summed E-state index contributed by atoms with van der Waals surface area (Å²) in [6.07, 6.45) is 0.720. The molecule has 0 saturated carbocycles. The second kappa shape index (κ2) is 7.65. The van der Waals surface area contributed by atoms with E-state index in [0.29, 0.717) is 11.6 Å². The van der Waals surface area contributed by atoms with Gasteiger partial charge >= 0.3 is 0 Å². The van der Waals surface area contributed by atoms with Crippen LogP contribution in [0, 0.1) is 20.8 Å². The van der Waals surface area contributed by atoms with Crippen molar-refractivity contribution in [1.29, 1.82) is 0 Å². The van der Waals surface area contributed by atoms with Crippen LogP contribution in [-0.2, 0) is 17.8 Å². The summed E-state index contributed by atoms with van der Waals surface area (Å²) in [6.45, 7) is 7.32. The van der Waals surface area contributed by atoms with E-state index < -0.39 is 0 Å². The van der Waals surface area contributed by atoms with Gasteiger partial charge in [-0.2, -0.15) is 0 Å². The Morgan fingerprint density at radius 1 is 1.24 bits per heavy atom. The number of H-pyrrole nitrogens is 1. The molecule has 2 aromatic carbocycles. The van der Waals surface area contributed by atoms with Gasteiger partial charge in [-0.25, -0.2) is 0 Å². The van der Waals surface area contributed by atoms with Crippen LogP contribution in [0.2, 0.25) is 5.02 Å². The fourth-order valence-corrected chi connectivity index (χ4v) is 4.24. The smallest absolute Gasteiger partial charge is 0.238 e. The minimum absolute atomic E-state index is 0.0661. The lowest BCUT2D eigenvalue weighted by molar-refractivity contribution is -0.117. The quantitative estimate of drug-likeness (QED) is 0.684. The molecule has 0 aliphatic carbocycles. The number of aryl methyl sites for hydroxylation is 2. The number of rotatable bonds is 3. The van der Waals surface area contributed by atoms with E-state index >= 15 is 0 Å². The van der Waals surface area contributed by atoms with Crippen molar-refractivity contribution in [3.63, 3.8) is 0 Å².